The van der Waals surface area contributed by atoms with Crippen molar-refractivity contribution in [2.24, 2.45) is 28.1 Å². The van der Waals surface area contributed by atoms with E-state index in [1.807, 2.05) is 6.92 Å². The third kappa shape index (κ3) is 1.77. The van der Waals surface area contributed by atoms with Crippen LogP contribution < -0.4 is 0 Å². The SMILES string of the molecule is C=C[C@]1(C)CC[C@@H]2C(=C[C@H]3OC(=O)[C@]4(C)C3[C@]2(C)CC[C@@H]4O)C1. The quantitative estimate of drug-likeness (QED) is 0.593. The molecule has 3 heteroatoms. The molecule has 3 nitrogen and oxygen atoms in total. The number of ether oxygens (including phenoxy) is 1. The van der Waals surface area contributed by atoms with E-state index >= 15 is 0 Å². The van der Waals surface area contributed by atoms with Gasteiger partial charge in [0.1, 0.15) is 6.10 Å². The summed E-state index contributed by atoms with van der Waals surface area (Å²) in [5, 5.41) is 10.6. The van der Waals surface area contributed by atoms with Crippen LogP contribution in [0, 0.1) is 28.1 Å². The van der Waals surface area contributed by atoms with Crippen molar-refractivity contribution in [1.29, 1.82) is 0 Å². The van der Waals surface area contributed by atoms with E-state index in [1.165, 1.54) is 5.57 Å². The second kappa shape index (κ2) is 4.50. The Bertz CT molecular complexity index is 608. The van der Waals surface area contributed by atoms with Crippen molar-refractivity contribution in [3.8, 4) is 0 Å². The molecule has 3 fully saturated rings. The Labute approximate surface area is 138 Å². The highest BCUT2D eigenvalue weighted by molar-refractivity contribution is 5.81. The number of carbonyl (C=O) groups is 1. The zero-order valence-corrected chi connectivity index (χ0v) is 14.5. The first-order valence-electron chi connectivity index (χ1n) is 8.98. The van der Waals surface area contributed by atoms with E-state index in [-0.39, 0.29) is 28.8 Å². The highest BCUT2D eigenvalue weighted by Gasteiger charge is 2.69. The maximum Gasteiger partial charge on any atom is 0.315 e. The molecule has 1 heterocycles. The van der Waals surface area contributed by atoms with Gasteiger partial charge in [0.2, 0.25) is 0 Å². The molecule has 0 radical (unpaired) electrons. The van der Waals surface area contributed by atoms with Gasteiger partial charge in [-0.1, -0.05) is 25.5 Å². The average molecular weight is 316 g/mol. The summed E-state index contributed by atoms with van der Waals surface area (Å²) in [7, 11) is 0. The van der Waals surface area contributed by atoms with Crippen LogP contribution in [0.5, 0.6) is 0 Å². The van der Waals surface area contributed by atoms with Crippen molar-refractivity contribution in [2.75, 3.05) is 0 Å². The molecule has 126 valence electrons. The molecule has 0 aromatic heterocycles. The fourth-order valence-electron chi connectivity index (χ4n) is 6.27. The van der Waals surface area contributed by atoms with Gasteiger partial charge >= 0.3 is 5.97 Å². The molecule has 23 heavy (non-hydrogen) atoms. The summed E-state index contributed by atoms with van der Waals surface area (Å²) in [4.78, 5) is 12.6. The number of hydrogen-bond donors (Lipinski definition) is 1. The first kappa shape index (κ1) is 15.4. The van der Waals surface area contributed by atoms with Crippen LogP contribution in [0.15, 0.2) is 24.3 Å². The molecule has 1 saturated heterocycles. The fraction of sp³-hybridized carbons (Fsp3) is 0.750. The van der Waals surface area contributed by atoms with Gasteiger partial charge in [-0.15, -0.1) is 6.58 Å². The standard InChI is InChI=1S/C20H28O3/c1-5-18(2)8-6-13-12(11-18)10-14-16-19(13,3)9-7-15(21)20(16,4)17(22)23-14/h5,10,13-16,21H,1,6-9,11H2,2-4H3/t13-,14-,15+,16?,18-,19-,20+/m1/s1. The Kier molecular flexibility index (Phi) is 3.02. The zero-order chi connectivity index (χ0) is 16.6. The smallest absolute Gasteiger partial charge is 0.315 e. The summed E-state index contributed by atoms with van der Waals surface area (Å²) in [6, 6.07) is 0. The Morgan fingerprint density at radius 1 is 1.30 bits per heavy atom. The lowest BCUT2D eigenvalue weighted by atomic mass is 9.45. The Hall–Kier alpha value is -1.09. The summed E-state index contributed by atoms with van der Waals surface area (Å²) in [5.74, 6) is 0.416. The lowest BCUT2D eigenvalue weighted by Crippen LogP contribution is -2.58. The molecule has 2 saturated carbocycles. The topological polar surface area (TPSA) is 46.5 Å². The lowest BCUT2D eigenvalue weighted by molar-refractivity contribution is -0.158. The van der Waals surface area contributed by atoms with E-state index in [2.05, 4.69) is 32.6 Å². The van der Waals surface area contributed by atoms with Gasteiger partial charge in [-0.05, 0) is 61.9 Å². The van der Waals surface area contributed by atoms with Crippen LogP contribution in [-0.2, 0) is 9.53 Å². The number of aliphatic hydroxyl groups is 1. The monoisotopic (exact) mass is 316 g/mol. The van der Waals surface area contributed by atoms with Gasteiger partial charge in [0.05, 0.1) is 11.5 Å². The van der Waals surface area contributed by atoms with Gasteiger partial charge in [-0.25, -0.2) is 0 Å². The minimum atomic E-state index is -0.737. The van der Waals surface area contributed by atoms with Crippen LogP contribution in [0.2, 0.25) is 0 Å². The van der Waals surface area contributed by atoms with Crippen molar-refractivity contribution in [1.82, 2.24) is 0 Å². The highest BCUT2D eigenvalue weighted by atomic mass is 16.6. The summed E-state index contributed by atoms with van der Waals surface area (Å²) >= 11 is 0. The summed E-state index contributed by atoms with van der Waals surface area (Å²) < 4.78 is 5.77. The predicted molar refractivity (Wildman–Crippen MR) is 88.6 cm³/mol. The third-order valence-electron chi connectivity index (χ3n) is 7.74. The number of aliphatic hydroxyl groups excluding tert-OH is 1. The highest BCUT2D eigenvalue weighted by Crippen LogP contribution is 2.66. The Balaban J connectivity index is 1.81. The lowest BCUT2D eigenvalue weighted by Gasteiger charge is -2.58. The minimum absolute atomic E-state index is 0.0530. The van der Waals surface area contributed by atoms with Crippen LogP contribution in [0.4, 0.5) is 0 Å². The first-order valence-corrected chi connectivity index (χ1v) is 8.98. The molecule has 0 aromatic carbocycles. The molecule has 0 aromatic rings. The second-order valence-electron chi connectivity index (χ2n) is 9.06. The van der Waals surface area contributed by atoms with Crippen molar-refractivity contribution in [3.63, 3.8) is 0 Å². The minimum Gasteiger partial charge on any atom is -0.457 e. The number of allylic oxidation sites excluding steroid dienone is 2. The summed E-state index contributed by atoms with van der Waals surface area (Å²) in [6.07, 6.45) is 8.58. The molecule has 1 unspecified atom stereocenters. The number of hydrogen-bond acceptors (Lipinski definition) is 3. The Morgan fingerprint density at radius 3 is 2.74 bits per heavy atom. The molecule has 0 bridgehead atoms. The molecule has 0 amide bonds. The predicted octanol–water partition coefficient (Wildman–Crippen LogP) is 3.63. The number of rotatable bonds is 1. The largest absolute Gasteiger partial charge is 0.457 e. The van der Waals surface area contributed by atoms with Crippen LogP contribution in [0.3, 0.4) is 0 Å². The van der Waals surface area contributed by atoms with E-state index < -0.39 is 11.5 Å². The zero-order valence-electron chi connectivity index (χ0n) is 14.5. The van der Waals surface area contributed by atoms with Crippen molar-refractivity contribution in [2.45, 2.75) is 65.1 Å². The van der Waals surface area contributed by atoms with Gasteiger partial charge in [0.15, 0.2) is 0 Å². The molecule has 1 N–H and O–H groups in total. The molecule has 4 aliphatic rings. The fourth-order valence-corrected chi connectivity index (χ4v) is 6.27. The molecule has 3 aliphatic carbocycles. The van der Waals surface area contributed by atoms with E-state index in [0.717, 1.165) is 25.7 Å². The van der Waals surface area contributed by atoms with E-state index in [9.17, 15) is 9.90 Å². The van der Waals surface area contributed by atoms with E-state index in [1.54, 1.807) is 0 Å². The number of carbonyl (C=O) groups excluding carboxylic acids is 1. The normalized spacial score (nSPS) is 54.6. The van der Waals surface area contributed by atoms with Gasteiger partial charge in [-0.3, -0.25) is 4.79 Å². The molecule has 7 atom stereocenters. The first-order chi connectivity index (χ1) is 10.7. The third-order valence-corrected chi connectivity index (χ3v) is 7.74. The number of fused-ring (bicyclic) bond motifs is 2. The second-order valence-corrected chi connectivity index (χ2v) is 9.06. The molecular formula is C20H28O3. The van der Waals surface area contributed by atoms with Crippen LogP contribution in [0.25, 0.3) is 0 Å². The van der Waals surface area contributed by atoms with E-state index in [0.29, 0.717) is 12.3 Å². The van der Waals surface area contributed by atoms with E-state index in [4.69, 9.17) is 4.74 Å². The average Bonchev–Trinajstić information content (AvgIpc) is 2.77. The van der Waals surface area contributed by atoms with Gasteiger partial charge < -0.3 is 9.84 Å². The molecule has 4 rings (SSSR count). The van der Waals surface area contributed by atoms with Crippen molar-refractivity contribution < 1.29 is 14.6 Å². The maximum absolute atomic E-state index is 12.6. The Morgan fingerprint density at radius 2 is 2.04 bits per heavy atom. The van der Waals surface area contributed by atoms with Gasteiger partial charge in [0.25, 0.3) is 0 Å². The van der Waals surface area contributed by atoms with Gasteiger partial charge in [0, 0.05) is 5.92 Å². The number of esters is 1. The summed E-state index contributed by atoms with van der Waals surface area (Å²) in [5.41, 5.74) is 0.929. The van der Waals surface area contributed by atoms with Crippen LogP contribution >= 0.6 is 0 Å². The van der Waals surface area contributed by atoms with Gasteiger partial charge in [-0.2, -0.15) is 0 Å². The summed E-state index contributed by atoms with van der Waals surface area (Å²) in [6.45, 7) is 10.6. The maximum atomic E-state index is 12.6. The van der Waals surface area contributed by atoms with Crippen LogP contribution in [-0.4, -0.2) is 23.3 Å². The van der Waals surface area contributed by atoms with Crippen LogP contribution in [0.1, 0.15) is 52.9 Å². The van der Waals surface area contributed by atoms with Crippen molar-refractivity contribution >= 4 is 5.97 Å². The molecule has 0 spiro atoms. The molecule has 1 aliphatic heterocycles. The molecular weight excluding hydrogens is 288 g/mol. The van der Waals surface area contributed by atoms with Crippen molar-refractivity contribution in [3.05, 3.63) is 24.3 Å².